The highest BCUT2D eigenvalue weighted by atomic mass is 79.9. The van der Waals surface area contributed by atoms with Crippen molar-refractivity contribution in [2.45, 2.75) is 31.8 Å². The Morgan fingerprint density at radius 3 is 3.07 bits per heavy atom. The van der Waals surface area contributed by atoms with E-state index in [4.69, 9.17) is 4.74 Å². The second kappa shape index (κ2) is 4.36. The lowest BCUT2D eigenvalue weighted by Crippen LogP contribution is -2.35. The van der Waals surface area contributed by atoms with Gasteiger partial charge < -0.3 is 4.74 Å². The smallest absolute Gasteiger partial charge is 0.169 e. The van der Waals surface area contributed by atoms with E-state index in [0.29, 0.717) is 6.42 Å². The number of ether oxygens (including phenoxy) is 1. The van der Waals surface area contributed by atoms with E-state index in [2.05, 4.69) is 15.9 Å². The SMILES string of the molecule is CC1(C(=O)Cc2cc(Br)cs2)CCCO1. The molecule has 0 aromatic carbocycles. The molecule has 0 bridgehead atoms. The number of carbonyl (C=O) groups excluding carboxylic acids is 1. The molecule has 15 heavy (non-hydrogen) atoms. The second-order valence-electron chi connectivity index (χ2n) is 4.01. The Hall–Kier alpha value is -0.190. The summed E-state index contributed by atoms with van der Waals surface area (Å²) in [5.74, 6) is 0.203. The maximum absolute atomic E-state index is 12.0. The number of Topliss-reactive ketones (excluding diaryl/α,β-unsaturated/α-hetero) is 1. The summed E-state index contributed by atoms with van der Waals surface area (Å²) in [5, 5.41) is 2.00. The van der Waals surface area contributed by atoms with Crippen molar-refractivity contribution >= 4 is 33.0 Å². The van der Waals surface area contributed by atoms with Gasteiger partial charge in [0.05, 0.1) is 0 Å². The first-order chi connectivity index (χ1) is 7.10. The fraction of sp³-hybridized carbons (Fsp3) is 0.545. The number of hydrogen-bond donors (Lipinski definition) is 0. The van der Waals surface area contributed by atoms with Crippen molar-refractivity contribution in [2.75, 3.05) is 6.61 Å². The number of hydrogen-bond acceptors (Lipinski definition) is 3. The van der Waals surface area contributed by atoms with Gasteiger partial charge in [-0.25, -0.2) is 0 Å². The molecular weight excluding hydrogens is 276 g/mol. The van der Waals surface area contributed by atoms with Gasteiger partial charge >= 0.3 is 0 Å². The molecule has 1 saturated heterocycles. The Labute approximate surface area is 102 Å². The van der Waals surface area contributed by atoms with Crippen LogP contribution in [0.3, 0.4) is 0 Å². The molecule has 2 nitrogen and oxygen atoms in total. The summed E-state index contributed by atoms with van der Waals surface area (Å²) in [6.07, 6.45) is 2.35. The molecule has 1 aromatic heterocycles. The quantitative estimate of drug-likeness (QED) is 0.854. The van der Waals surface area contributed by atoms with Crippen LogP contribution in [0.25, 0.3) is 0 Å². The molecule has 1 aromatic rings. The first-order valence-electron chi connectivity index (χ1n) is 5.00. The van der Waals surface area contributed by atoms with Crippen LogP contribution in [-0.4, -0.2) is 18.0 Å². The standard InChI is InChI=1S/C11H13BrO2S/c1-11(3-2-4-14-11)10(13)6-9-5-8(12)7-15-9/h5,7H,2-4,6H2,1H3. The van der Waals surface area contributed by atoms with Crippen molar-refractivity contribution in [1.82, 2.24) is 0 Å². The van der Waals surface area contributed by atoms with Crippen molar-refractivity contribution in [2.24, 2.45) is 0 Å². The molecule has 82 valence electrons. The van der Waals surface area contributed by atoms with E-state index in [1.54, 1.807) is 11.3 Å². The Bertz CT molecular complexity index is 366. The largest absolute Gasteiger partial charge is 0.367 e. The van der Waals surface area contributed by atoms with E-state index in [1.165, 1.54) is 0 Å². The monoisotopic (exact) mass is 288 g/mol. The second-order valence-corrected chi connectivity index (χ2v) is 5.93. The lowest BCUT2D eigenvalue weighted by Gasteiger charge is -2.20. The van der Waals surface area contributed by atoms with Crippen LogP contribution in [0.5, 0.6) is 0 Å². The fourth-order valence-electron chi connectivity index (χ4n) is 1.79. The highest BCUT2D eigenvalue weighted by Gasteiger charge is 2.37. The number of ketones is 1. The van der Waals surface area contributed by atoms with Crippen LogP contribution in [0.1, 0.15) is 24.6 Å². The lowest BCUT2D eigenvalue weighted by molar-refractivity contribution is -0.136. The van der Waals surface area contributed by atoms with Crippen LogP contribution in [0.2, 0.25) is 0 Å². The number of carbonyl (C=O) groups is 1. The van der Waals surface area contributed by atoms with Gasteiger partial charge in [0.15, 0.2) is 5.78 Å². The highest BCUT2D eigenvalue weighted by molar-refractivity contribution is 9.10. The molecule has 4 heteroatoms. The van der Waals surface area contributed by atoms with Gasteiger partial charge in [-0.3, -0.25) is 4.79 Å². The van der Waals surface area contributed by atoms with Crippen LogP contribution >= 0.6 is 27.3 Å². The molecule has 1 unspecified atom stereocenters. The molecule has 0 saturated carbocycles. The molecule has 1 fully saturated rings. The van der Waals surface area contributed by atoms with Crippen LogP contribution in [0, 0.1) is 0 Å². The zero-order valence-corrected chi connectivity index (χ0v) is 11.0. The Kier molecular flexibility index (Phi) is 3.28. The number of rotatable bonds is 3. The minimum atomic E-state index is -0.531. The predicted octanol–water partition coefficient (Wildman–Crippen LogP) is 3.19. The summed E-state index contributed by atoms with van der Waals surface area (Å²) in [4.78, 5) is 13.1. The average Bonchev–Trinajstić information content (AvgIpc) is 2.76. The number of thiophene rings is 1. The summed E-state index contributed by atoms with van der Waals surface area (Å²) in [6.45, 7) is 2.63. The summed E-state index contributed by atoms with van der Waals surface area (Å²) in [6, 6.07) is 2.00. The molecule has 0 amide bonds. The summed E-state index contributed by atoms with van der Waals surface area (Å²) < 4.78 is 6.57. The third kappa shape index (κ3) is 2.49. The first-order valence-corrected chi connectivity index (χ1v) is 6.68. The minimum Gasteiger partial charge on any atom is -0.367 e. The zero-order valence-electron chi connectivity index (χ0n) is 8.59. The van der Waals surface area contributed by atoms with Crippen molar-refractivity contribution in [3.05, 3.63) is 20.8 Å². The van der Waals surface area contributed by atoms with E-state index in [-0.39, 0.29) is 5.78 Å². The van der Waals surface area contributed by atoms with Gasteiger partial charge in [-0.1, -0.05) is 0 Å². The predicted molar refractivity (Wildman–Crippen MR) is 64.3 cm³/mol. The van der Waals surface area contributed by atoms with Crippen molar-refractivity contribution in [1.29, 1.82) is 0 Å². The Morgan fingerprint density at radius 1 is 1.73 bits per heavy atom. The van der Waals surface area contributed by atoms with Gasteiger partial charge in [0.1, 0.15) is 5.60 Å². The zero-order chi connectivity index (χ0) is 10.9. The fourth-order valence-corrected chi connectivity index (χ4v) is 3.24. The van der Waals surface area contributed by atoms with Gasteiger partial charge in [-0.2, -0.15) is 0 Å². The summed E-state index contributed by atoms with van der Waals surface area (Å²) in [7, 11) is 0. The van der Waals surface area contributed by atoms with Crippen molar-refractivity contribution in [3.63, 3.8) is 0 Å². The van der Waals surface area contributed by atoms with E-state index >= 15 is 0 Å². The van der Waals surface area contributed by atoms with Crippen molar-refractivity contribution in [3.8, 4) is 0 Å². The van der Waals surface area contributed by atoms with Crippen LogP contribution in [0.4, 0.5) is 0 Å². The van der Waals surface area contributed by atoms with E-state index in [1.807, 2.05) is 18.4 Å². The van der Waals surface area contributed by atoms with Crippen LogP contribution in [0.15, 0.2) is 15.9 Å². The highest BCUT2D eigenvalue weighted by Crippen LogP contribution is 2.29. The normalized spacial score (nSPS) is 25.7. The van der Waals surface area contributed by atoms with E-state index < -0.39 is 5.60 Å². The lowest BCUT2D eigenvalue weighted by atomic mass is 9.95. The molecule has 0 spiro atoms. The summed E-state index contributed by atoms with van der Waals surface area (Å²) >= 11 is 5.00. The minimum absolute atomic E-state index is 0.203. The van der Waals surface area contributed by atoms with Crippen LogP contribution in [-0.2, 0) is 16.0 Å². The molecule has 0 aliphatic carbocycles. The molecule has 0 radical (unpaired) electrons. The molecule has 0 N–H and O–H groups in total. The van der Waals surface area contributed by atoms with Crippen LogP contribution < -0.4 is 0 Å². The molecule has 1 aliphatic rings. The Balaban J connectivity index is 2.03. The van der Waals surface area contributed by atoms with E-state index in [0.717, 1.165) is 28.8 Å². The number of halogens is 1. The molecule has 2 heterocycles. The molecule has 2 rings (SSSR count). The third-order valence-corrected chi connectivity index (χ3v) is 4.46. The van der Waals surface area contributed by atoms with Gasteiger partial charge in [0.2, 0.25) is 0 Å². The van der Waals surface area contributed by atoms with E-state index in [9.17, 15) is 4.79 Å². The topological polar surface area (TPSA) is 26.3 Å². The third-order valence-electron chi connectivity index (χ3n) is 2.77. The van der Waals surface area contributed by atoms with Crippen molar-refractivity contribution < 1.29 is 9.53 Å². The summed E-state index contributed by atoms with van der Waals surface area (Å²) in [5.41, 5.74) is -0.531. The van der Waals surface area contributed by atoms with Gasteiger partial charge in [0.25, 0.3) is 0 Å². The molecular formula is C11H13BrO2S. The average molecular weight is 289 g/mol. The first kappa shape index (κ1) is 11.3. The Morgan fingerprint density at radius 2 is 2.53 bits per heavy atom. The van der Waals surface area contributed by atoms with Gasteiger partial charge in [-0.05, 0) is 41.8 Å². The maximum atomic E-state index is 12.0. The maximum Gasteiger partial charge on any atom is 0.169 e. The molecule has 1 aliphatic heterocycles. The van der Waals surface area contributed by atoms with Gasteiger partial charge in [-0.15, -0.1) is 11.3 Å². The van der Waals surface area contributed by atoms with Gasteiger partial charge in [0, 0.05) is 27.8 Å². The molecule has 1 atom stereocenters.